The van der Waals surface area contributed by atoms with Gasteiger partial charge in [-0.1, -0.05) is 22.9 Å². The Kier molecular flexibility index (Phi) is 6.70. The summed E-state index contributed by atoms with van der Waals surface area (Å²) in [4.78, 5) is 0. The van der Waals surface area contributed by atoms with Crippen molar-refractivity contribution in [1.82, 2.24) is 5.32 Å². The average molecular weight is 304 g/mol. The van der Waals surface area contributed by atoms with Gasteiger partial charge in [0.05, 0.1) is 0 Å². The fraction of sp³-hybridized carbons (Fsp3) is 0.538. The molecule has 0 spiro atoms. The Balaban J connectivity index is 2.22. The van der Waals surface area contributed by atoms with Crippen LogP contribution in [0.1, 0.15) is 25.3 Å². The standard InChI is InChI=1S/C13H19BrFNO/c1-10(9-17)3-2-4-16-8-11-5-12(14)7-13(15)6-11/h5-7,10,16-17H,2-4,8-9H2,1H3. The summed E-state index contributed by atoms with van der Waals surface area (Å²) < 4.78 is 13.8. The molecule has 0 aliphatic carbocycles. The highest BCUT2D eigenvalue weighted by atomic mass is 79.9. The number of hydrogen-bond donors (Lipinski definition) is 2. The van der Waals surface area contributed by atoms with Gasteiger partial charge in [0.25, 0.3) is 0 Å². The molecule has 1 aromatic rings. The minimum absolute atomic E-state index is 0.218. The molecule has 0 fully saturated rings. The summed E-state index contributed by atoms with van der Waals surface area (Å²) in [5.74, 6) is 0.144. The second kappa shape index (κ2) is 7.80. The fourth-order valence-corrected chi connectivity index (χ4v) is 2.13. The van der Waals surface area contributed by atoms with Gasteiger partial charge in [0.2, 0.25) is 0 Å². The van der Waals surface area contributed by atoms with Gasteiger partial charge in [-0.3, -0.25) is 0 Å². The maximum atomic E-state index is 13.1. The highest BCUT2D eigenvalue weighted by molar-refractivity contribution is 9.10. The summed E-state index contributed by atoms with van der Waals surface area (Å²) in [7, 11) is 0. The molecule has 0 aliphatic rings. The quantitative estimate of drug-likeness (QED) is 0.759. The van der Waals surface area contributed by atoms with Crippen LogP contribution in [0.3, 0.4) is 0 Å². The molecule has 4 heteroatoms. The third kappa shape index (κ3) is 6.15. The van der Waals surface area contributed by atoms with Crippen molar-refractivity contribution in [3.63, 3.8) is 0 Å². The van der Waals surface area contributed by atoms with Gasteiger partial charge >= 0.3 is 0 Å². The van der Waals surface area contributed by atoms with Gasteiger partial charge in [-0.05, 0) is 49.1 Å². The van der Waals surface area contributed by atoms with Crippen molar-refractivity contribution < 1.29 is 9.50 Å². The van der Waals surface area contributed by atoms with Crippen LogP contribution in [-0.2, 0) is 6.54 Å². The molecule has 1 atom stereocenters. The Morgan fingerprint density at radius 2 is 2.18 bits per heavy atom. The Labute approximate surface area is 110 Å². The van der Waals surface area contributed by atoms with Crippen LogP contribution in [0.4, 0.5) is 4.39 Å². The molecule has 0 bridgehead atoms. The Bertz CT molecular complexity index is 326. The molecule has 0 saturated heterocycles. The van der Waals surface area contributed by atoms with E-state index in [4.69, 9.17) is 5.11 Å². The van der Waals surface area contributed by atoms with E-state index in [-0.39, 0.29) is 12.4 Å². The predicted molar refractivity (Wildman–Crippen MR) is 71.3 cm³/mol. The van der Waals surface area contributed by atoms with Crippen molar-refractivity contribution in [2.75, 3.05) is 13.2 Å². The Hall–Kier alpha value is -0.450. The lowest BCUT2D eigenvalue weighted by Crippen LogP contribution is -2.16. The summed E-state index contributed by atoms with van der Waals surface area (Å²) >= 11 is 3.27. The molecule has 0 aromatic heterocycles. The van der Waals surface area contributed by atoms with E-state index < -0.39 is 0 Å². The molecule has 96 valence electrons. The number of rotatable bonds is 7. The first-order valence-corrected chi connectivity index (χ1v) is 6.67. The van der Waals surface area contributed by atoms with Gasteiger partial charge in [0.15, 0.2) is 0 Å². The predicted octanol–water partition coefficient (Wildman–Crippen LogP) is 3.09. The van der Waals surface area contributed by atoms with Crippen LogP contribution in [0, 0.1) is 11.7 Å². The Morgan fingerprint density at radius 3 is 2.82 bits per heavy atom. The molecular weight excluding hydrogens is 285 g/mol. The molecular formula is C13H19BrFNO. The van der Waals surface area contributed by atoms with E-state index in [1.807, 2.05) is 13.0 Å². The Morgan fingerprint density at radius 1 is 1.41 bits per heavy atom. The van der Waals surface area contributed by atoms with Crippen molar-refractivity contribution in [2.45, 2.75) is 26.3 Å². The van der Waals surface area contributed by atoms with E-state index in [2.05, 4.69) is 21.2 Å². The zero-order valence-corrected chi connectivity index (χ0v) is 11.6. The van der Waals surface area contributed by atoms with Crippen LogP contribution in [0.2, 0.25) is 0 Å². The topological polar surface area (TPSA) is 32.3 Å². The van der Waals surface area contributed by atoms with E-state index in [1.54, 1.807) is 0 Å². The summed E-state index contributed by atoms with van der Waals surface area (Å²) in [5.41, 5.74) is 0.937. The van der Waals surface area contributed by atoms with E-state index in [0.29, 0.717) is 12.5 Å². The summed E-state index contributed by atoms with van der Waals surface area (Å²) in [6, 6.07) is 4.90. The highest BCUT2D eigenvalue weighted by Crippen LogP contribution is 2.14. The monoisotopic (exact) mass is 303 g/mol. The zero-order valence-electron chi connectivity index (χ0n) is 10.0. The van der Waals surface area contributed by atoms with E-state index in [1.165, 1.54) is 12.1 Å². The third-order valence-electron chi connectivity index (χ3n) is 2.61. The SMILES string of the molecule is CC(CO)CCCNCc1cc(F)cc(Br)c1. The smallest absolute Gasteiger partial charge is 0.124 e. The maximum absolute atomic E-state index is 13.1. The molecule has 1 aromatic carbocycles. The normalized spacial score (nSPS) is 12.7. The maximum Gasteiger partial charge on any atom is 0.124 e. The number of hydrogen-bond acceptors (Lipinski definition) is 2. The average Bonchev–Trinajstić information content (AvgIpc) is 2.27. The molecule has 0 aliphatic heterocycles. The molecule has 0 radical (unpaired) electrons. The summed E-state index contributed by atoms with van der Waals surface area (Å²) in [5, 5.41) is 12.1. The first-order chi connectivity index (χ1) is 8.11. The van der Waals surface area contributed by atoms with Crippen LogP contribution in [0.15, 0.2) is 22.7 Å². The first-order valence-electron chi connectivity index (χ1n) is 5.88. The van der Waals surface area contributed by atoms with Gasteiger partial charge in [-0.15, -0.1) is 0 Å². The van der Waals surface area contributed by atoms with Gasteiger partial charge < -0.3 is 10.4 Å². The van der Waals surface area contributed by atoms with Gasteiger partial charge in [0, 0.05) is 17.6 Å². The number of aliphatic hydroxyl groups excluding tert-OH is 1. The van der Waals surface area contributed by atoms with Crippen LogP contribution in [-0.4, -0.2) is 18.3 Å². The molecule has 0 heterocycles. The molecule has 0 amide bonds. The van der Waals surface area contributed by atoms with Gasteiger partial charge in [0.1, 0.15) is 5.82 Å². The largest absolute Gasteiger partial charge is 0.396 e. The molecule has 0 saturated carbocycles. The fourth-order valence-electron chi connectivity index (χ4n) is 1.61. The van der Waals surface area contributed by atoms with Crippen molar-refractivity contribution >= 4 is 15.9 Å². The number of benzene rings is 1. The number of aliphatic hydroxyl groups is 1. The van der Waals surface area contributed by atoms with E-state index in [9.17, 15) is 4.39 Å². The molecule has 2 N–H and O–H groups in total. The lowest BCUT2D eigenvalue weighted by Gasteiger charge is -2.08. The van der Waals surface area contributed by atoms with Crippen LogP contribution < -0.4 is 5.32 Å². The van der Waals surface area contributed by atoms with Crippen LogP contribution >= 0.6 is 15.9 Å². The number of halogens is 2. The molecule has 17 heavy (non-hydrogen) atoms. The van der Waals surface area contributed by atoms with Crippen molar-refractivity contribution in [1.29, 1.82) is 0 Å². The molecule has 1 rings (SSSR count). The van der Waals surface area contributed by atoms with Crippen molar-refractivity contribution in [3.05, 3.63) is 34.1 Å². The number of nitrogens with one attached hydrogen (secondary N) is 1. The zero-order chi connectivity index (χ0) is 12.7. The molecule has 1 unspecified atom stereocenters. The first kappa shape index (κ1) is 14.6. The second-order valence-corrected chi connectivity index (χ2v) is 5.30. The van der Waals surface area contributed by atoms with Gasteiger partial charge in [-0.25, -0.2) is 4.39 Å². The summed E-state index contributed by atoms with van der Waals surface area (Å²) in [6.45, 7) is 3.84. The van der Waals surface area contributed by atoms with E-state index >= 15 is 0 Å². The lowest BCUT2D eigenvalue weighted by molar-refractivity contribution is 0.228. The third-order valence-corrected chi connectivity index (χ3v) is 3.07. The second-order valence-electron chi connectivity index (χ2n) is 4.38. The minimum Gasteiger partial charge on any atom is -0.396 e. The van der Waals surface area contributed by atoms with Crippen molar-refractivity contribution in [2.24, 2.45) is 5.92 Å². The minimum atomic E-state index is -0.218. The van der Waals surface area contributed by atoms with E-state index in [0.717, 1.165) is 29.4 Å². The highest BCUT2D eigenvalue weighted by Gasteiger charge is 2.00. The van der Waals surface area contributed by atoms with Crippen LogP contribution in [0.25, 0.3) is 0 Å². The summed E-state index contributed by atoms with van der Waals surface area (Å²) in [6.07, 6.45) is 2.04. The van der Waals surface area contributed by atoms with Crippen LogP contribution in [0.5, 0.6) is 0 Å². The molecule has 2 nitrogen and oxygen atoms in total. The van der Waals surface area contributed by atoms with Gasteiger partial charge in [-0.2, -0.15) is 0 Å². The lowest BCUT2D eigenvalue weighted by atomic mass is 10.1. The van der Waals surface area contributed by atoms with Crippen molar-refractivity contribution in [3.8, 4) is 0 Å².